The predicted molar refractivity (Wildman–Crippen MR) is 75.1 cm³/mol. The molecular formula is C16H23N2+. The van der Waals surface area contributed by atoms with Crippen LogP contribution in [-0.2, 0) is 6.42 Å². The third-order valence-corrected chi connectivity index (χ3v) is 3.41. The van der Waals surface area contributed by atoms with Crippen LogP contribution in [0.2, 0.25) is 0 Å². The Balaban J connectivity index is 2.46. The maximum absolute atomic E-state index is 3.37. The molecule has 0 saturated heterocycles. The van der Waals surface area contributed by atoms with Crippen LogP contribution < -0.4 is 4.57 Å². The summed E-state index contributed by atoms with van der Waals surface area (Å²) in [5.41, 5.74) is 5.35. The van der Waals surface area contributed by atoms with E-state index in [4.69, 9.17) is 0 Å². The largest absolute Gasteiger partial charge is 0.259 e. The average molecular weight is 243 g/mol. The Morgan fingerprint density at radius 2 is 1.78 bits per heavy atom. The fourth-order valence-corrected chi connectivity index (χ4v) is 2.67. The van der Waals surface area contributed by atoms with Crippen molar-refractivity contribution in [1.29, 1.82) is 0 Å². The summed E-state index contributed by atoms with van der Waals surface area (Å²) in [6.45, 7) is 8.77. The van der Waals surface area contributed by atoms with Crippen LogP contribution >= 0.6 is 0 Å². The van der Waals surface area contributed by atoms with Crippen LogP contribution in [0.15, 0.2) is 24.5 Å². The lowest BCUT2D eigenvalue weighted by molar-refractivity contribution is -0.603. The SMILES string of the molecule is CCCCc1[nH]cc[n+]1-c1c(C)cc(C)cc1C. The number of imidazole rings is 1. The summed E-state index contributed by atoms with van der Waals surface area (Å²) in [5, 5.41) is 0. The molecule has 1 heterocycles. The van der Waals surface area contributed by atoms with Crippen LogP contribution in [0.5, 0.6) is 0 Å². The Morgan fingerprint density at radius 3 is 2.39 bits per heavy atom. The highest BCUT2D eigenvalue weighted by atomic mass is 15.1. The molecule has 0 amide bonds. The number of nitrogens with one attached hydrogen (secondary N) is 1. The first-order chi connectivity index (χ1) is 8.63. The van der Waals surface area contributed by atoms with E-state index < -0.39 is 0 Å². The lowest BCUT2D eigenvalue weighted by atomic mass is 10.0. The quantitative estimate of drug-likeness (QED) is 0.792. The first kappa shape index (κ1) is 12.9. The number of nitrogens with zero attached hydrogens (tertiary/aromatic N) is 1. The maximum Gasteiger partial charge on any atom is 0.259 e. The number of benzene rings is 1. The zero-order valence-corrected chi connectivity index (χ0v) is 11.9. The van der Waals surface area contributed by atoms with Crippen molar-refractivity contribution in [3.63, 3.8) is 0 Å². The number of aryl methyl sites for hydroxylation is 4. The summed E-state index contributed by atoms with van der Waals surface area (Å²) in [4.78, 5) is 3.37. The molecule has 18 heavy (non-hydrogen) atoms. The van der Waals surface area contributed by atoms with Crippen LogP contribution in [-0.4, -0.2) is 4.98 Å². The van der Waals surface area contributed by atoms with Crippen LogP contribution in [0.4, 0.5) is 0 Å². The first-order valence-corrected chi connectivity index (χ1v) is 6.79. The highest BCUT2D eigenvalue weighted by Gasteiger charge is 2.16. The van der Waals surface area contributed by atoms with Crippen molar-refractivity contribution in [1.82, 2.24) is 4.98 Å². The molecule has 1 aromatic carbocycles. The molecule has 0 unspecified atom stereocenters. The standard InChI is InChI=1S/C16H22N2/c1-5-6-7-15-17-8-9-18(15)16-13(3)10-12(2)11-14(16)4/h8-11H,5-7H2,1-4H3/p+1. The second kappa shape index (κ2) is 5.38. The van der Waals surface area contributed by atoms with E-state index in [0.29, 0.717) is 0 Å². The molecule has 2 aromatic rings. The van der Waals surface area contributed by atoms with Gasteiger partial charge < -0.3 is 0 Å². The Kier molecular flexibility index (Phi) is 3.85. The number of aromatic nitrogens is 2. The molecule has 0 spiro atoms. The number of unbranched alkanes of at least 4 members (excludes halogenated alkanes) is 1. The Hall–Kier alpha value is -1.57. The molecule has 2 heteroatoms. The zero-order chi connectivity index (χ0) is 13.1. The number of aromatic amines is 1. The molecule has 2 rings (SSSR count). The lowest BCUT2D eigenvalue weighted by Gasteiger charge is -2.09. The van der Waals surface area contributed by atoms with Gasteiger partial charge in [-0.05, 0) is 38.3 Å². The average Bonchev–Trinajstić information content (AvgIpc) is 2.73. The Labute approximate surface area is 110 Å². The predicted octanol–water partition coefficient (Wildman–Crippen LogP) is 3.56. The summed E-state index contributed by atoms with van der Waals surface area (Å²) < 4.78 is 2.31. The minimum atomic E-state index is 1.11. The molecule has 0 fully saturated rings. The van der Waals surface area contributed by atoms with Crippen molar-refractivity contribution in [2.24, 2.45) is 0 Å². The van der Waals surface area contributed by atoms with Crippen molar-refractivity contribution in [2.45, 2.75) is 47.0 Å². The molecule has 0 bridgehead atoms. The third-order valence-electron chi connectivity index (χ3n) is 3.41. The van der Waals surface area contributed by atoms with E-state index in [1.165, 1.54) is 41.0 Å². The van der Waals surface area contributed by atoms with E-state index in [1.807, 2.05) is 6.20 Å². The minimum absolute atomic E-state index is 1.11. The molecule has 2 nitrogen and oxygen atoms in total. The van der Waals surface area contributed by atoms with Crippen molar-refractivity contribution in [3.05, 3.63) is 47.0 Å². The van der Waals surface area contributed by atoms with Gasteiger partial charge in [-0.25, -0.2) is 4.98 Å². The van der Waals surface area contributed by atoms with Gasteiger partial charge in [-0.3, -0.25) is 0 Å². The van der Waals surface area contributed by atoms with Gasteiger partial charge in [0.25, 0.3) is 5.82 Å². The molecular weight excluding hydrogens is 220 g/mol. The van der Waals surface area contributed by atoms with Crippen LogP contribution in [0, 0.1) is 20.8 Å². The smallest absolute Gasteiger partial charge is 0.247 e. The number of H-pyrrole nitrogens is 1. The molecule has 1 N–H and O–H groups in total. The minimum Gasteiger partial charge on any atom is -0.247 e. The van der Waals surface area contributed by atoms with E-state index >= 15 is 0 Å². The van der Waals surface area contributed by atoms with Crippen molar-refractivity contribution < 1.29 is 4.57 Å². The molecule has 0 aliphatic rings. The molecule has 0 atom stereocenters. The second-order valence-corrected chi connectivity index (χ2v) is 5.13. The summed E-state index contributed by atoms with van der Waals surface area (Å²) in [5.74, 6) is 1.30. The Bertz CT molecular complexity index is 515. The number of hydrogen-bond donors (Lipinski definition) is 1. The molecule has 0 radical (unpaired) electrons. The van der Waals surface area contributed by atoms with Crippen LogP contribution in [0.3, 0.4) is 0 Å². The van der Waals surface area contributed by atoms with E-state index in [2.05, 4.69) is 55.6 Å². The monoisotopic (exact) mass is 243 g/mol. The molecule has 1 aromatic heterocycles. The summed E-state index contributed by atoms with van der Waals surface area (Å²) in [6.07, 6.45) is 7.73. The van der Waals surface area contributed by atoms with Gasteiger partial charge in [-0.15, -0.1) is 0 Å². The molecule has 0 saturated carbocycles. The van der Waals surface area contributed by atoms with Crippen molar-refractivity contribution in [3.8, 4) is 5.69 Å². The highest BCUT2D eigenvalue weighted by Crippen LogP contribution is 2.17. The zero-order valence-electron chi connectivity index (χ0n) is 11.9. The van der Waals surface area contributed by atoms with Gasteiger partial charge in [0.15, 0.2) is 0 Å². The number of hydrogen-bond acceptors (Lipinski definition) is 0. The molecule has 0 aliphatic heterocycles. The van der Waals surface area contributed by atoms with E-state index in [9.17, 15) is 0 Å². The fraction of sp³-hybridized carbons (Fsp3) is 0.438. The summed E-state index contributed by atoms with van der Waals surface area (Å²) in [6, 6.07) is 4.51. The fourth-order valence-electron chi connectivity index (χ4n) is 2.67. The molecule has 0 aliphatic carbocycles. The van der Waals surface area contributed by atoms with Gasteiger partial charge in [0.05, 0.1) is 0 Å². The summed E-state index contributed by atoms with van der Waals surface area (Å²) in [7, 11) is 0. The van der Waals surface area contributed by atoms with Crippen molar-refractivity contribution >= 4 is 0 Å². The van der Waals surface area contributed by atoms with Gasteiger partial charge in [0.1, 0.15) is 18.1 Å². The van der Waals surface area contributed by atoms with E-state index in [0.717, 1.165) is 6.42 Å². The lowest BCUT2D eigenvalue weighted by Crippen LogP contribution is -2.35. The van der Waals surface area contributed by atoms with Gasteiger partial charge in [-0.1, -0.05) is 31.0 Å². The normalized spacial score (nSPS) is 10.9. The van der Waals surface area contributed by atoms with Crippen LogP contribution in [0.25, 0.3) is 5.69 Å². The van der Waals surface area contributed by atoms with Crippen LogP contribution in [0.1, 0.15) is 42.3 Å². The van der Waals surface area contributed by atoms with E-state index in [-0.39, 0.29) is 0 Å². The first-order valence-electron chi connectivity index (χ1n) is 6.79. The van der Waals surface area contributed by atoms with E-state index in [1.54, 1.807) is 0 Å². The second-order valence-electron chi connectivity index (χ2n) is 5.13. The van der Waals surface area contributed by atoms with Gasteiger partial charge in [0, 0.05) is 6.42 Å². The third kappa shape index (κ3) is 2.47. The topological polar surface area (TPSA) is 19.7 Å². The highest BCUT2D eigenvalue weighted by molar-refractivity contribution is 5.43. The molecule has 96 valence electrons. The van der Waals surface area contributed by atoms with Gasteiger partial charge in [-0.2, -0.15) is 4.57 Å². The Morgan fingerprint density at radius 1 is 1.11 bits per heavy atom. The summed E-state index contributed by atoms with van der Waals surface area (Å²) >= 11 is 0. The number of rotatable bonds is 4. The van der Waals surface area contributed by atoms with Crippen molar-refractivity contribution in [2.75, 3.05) is 0 Å². The van der Waals surface area contributed by atoms with Gasteiger partial charge >= 0.3 is 0 Å². The van der Waals surface area contributed by atoms with Gasteiger partial charge in [0.2, 0.25) is 0 Å². The maximum atomic E-state index is 3.37.